The smallest absolute Gasteiger partial charge is 0.335 e. The lowest BCUT2D eigenvalue weighted by Crippen LogP contribution is -2.61. The van der Waals surface area contributed by atoms with Gasteiger partial charge >= 0.3 is 23.9 Å². The molecule has 12 heteroatoms. The van der Waals surface area contributed by atoms with Crippen molar-refractivity contribution >= 4 is 23.9 Å². The van der Waals surface area contributed by atoms with Crippen LogP contribution in [0.4, 0.5) is 0 Å². The summed E-state index contributed by atoms with van der Waals surface area (Å²) in [6, 6.07) is 0. The maximum atomic E-state index is 13.2. The topological polar surface area (TPSA) is 175 Å². The standard InChI is InChI=1S/C63H112O12/c1-4-7-10-13-16-19-21-23-25-27-28-30-31-33-35-38-40-43-46-49-55(64)71-52-54(73-56(65)50-47-44-42-39-36-34-32-29-26-24-22-20-17-14-11-8-5-2)53-72-63-61(59(68)58(67)60(75-63)62(69)70)74-57(66)51-48-45-41-37-18-15-12-9-6-3/h16,19,23,25,28,30,54,58-61,63,67-68H,4-15,17-18,20-22,24,26-27,29,31-53H2,1-3H3,(H,69,70)/b19-16-,25-23-,30-28-. The van der Waals surface area contributed by atoms with Gasteiger partial charge in [0.15, 0.2) is 24.6 Å². The fraction of sp³-hybridized carbons (Fsp3) is 0.841. The van der Waals surface area contributed by atoms with E-state index in [4.69, 9.17) is 23.7 Å². The minimum atomic E-state index is -1.90. The Balaban J connectivity index is 2.64. The van der Waals surface area contributed by atoms with Crippen LogP contribution in [0.3, 0.4) is 0 Å². The van der Waals surface area contributed by atoms with Crippen LogP contribution in [0.25, 0.3) is 0 Å². The third-order valence-corrected chi connectivity index (χ3v) is 14.2. The van der Waals surface area contributed by atoms with E-state index in [1.165, 1.54) is 135 Å². The second-order valence-corrected chi connectivity index (χ2v) is 21.4. The lowest BCUT2D eigenvalue weighted by molar-refractivity contribution is -0.301. The van der Waals surface area contributed by atoms with E-state index in [2.05, 4.69) is 57.2 Å². The fourth-order valence-corrected chi connectivity index (χ4v) is 9.44. The average molecular weight is 1060 g/mol. The Morgan fingerprint density at radius 1 is 0.440 bits per heavy atom. The van der Waals surface area contributed by atoms with Crippen molar-refractivity contribution in [1.29, 1.82) is 0 Å². The first-order valence-corrected chi connectivity index (χ1v) is 31.0. The Morgan fingerprint density at radius 2 is 0.800 bits per heavy atom. The van der Waals surface area contributed by atoms with Crippen LogP contribution < -0.4 is 0 Å². The summed E-state index contributed by atoms with van der Waals surface area (Å²) in [6.45, 7) is 5.95. The third kappa shape index (κ3) is 41.7. The highest BCUT2D eigenvalue weighted by atomic mass is 16.7. The van der Waals surface area contributed by atoms with E-state index < -0.39 is 67.3 Å². The van der Waals surface area contributed by atoms with Crippen LogP contribution in [0.15, 0.2) is 36.5 Å². The Bertz CT molecular complexity index is 1450. The number of carboxylic acid groups (broad SMARTS) is 1. The van der Waals surface area contributed by atoms with Crippen LogP contribution >= 0.6 is 0 Å². The number of ether oxygens (including phenoxy) is 5. The molecule has 75 heavy (non-hydrogen) atoms. The highest BCUT2D eigenvalue weighted by molar-refractivity contribution is 5.74. The molecule has 1 rings (SSSR count). The summed E-state index contributed by atoms with van der Waals surface area (Å²) < 4.78 is 28.4. The van der Waals surface area contributed by atoms with Gasteiger partial charge in [0, 0.05) is 19.3 Å². The predicted molar refractivity (Wildman–Crippen MR) is 303 cm³/mol. The number of hydrogen-bond acceptors (Lipinski definition) is 11. The van der Waals surface area contributed by atoms with Crippen molar-refractivity contribution in [3.8, 4) is 0 Å². The Hall–Kier alpha value is -3.06. The van der Waals surface area contributed by atoms with Gasteiger partial charge in [0.1, 0.15) is 18.8 Å². The van der Waals surface area contributed by atoms with E-state index in [0.29, 0.717) is 19.3 Å². The van der Waals surface area contributed by atoms with Crippen LogP contribution in [0.1, 0.15) is 290 Å². The fourth-order valence-electron chi connectivity index (χ4n) is 9.44. The van der Waals surface area contributed by atoms with Crippen molar-refractivity contribution in [3.05, 3.63) is 36.5 Å². The molecular weight excluding hydrogens is 949 g/mol. The van der Waals surface area contributed by atoms with Gasteiger partial charge in [-0.25, -0.2) is 4.79 Å². The van der Waals surface area contributed by atoms with Gasteiger partial charge in [-0.1, -0.05) is 250 Å². The quantitative estimate of drug-likeness (QED) is 0.0228. The molecule has 0 aromatic heterocycles. The van der Waals surface area contributed by atoms with Crippen molar-refractivity contribution in [2.75, 3.05) is 13.2 Å². The summed E-state index contributed by atoms with van der Waals surface area (Å²) in [5, 5.41) is 31.4. The van der Waals surface area contributed by atoms with E-state index >= 15 is 0 Å². The number of carboxylic acids is 1. The molecule has 1 aliphatic heterocycles. The van der Waals surface area contributed by atoms with Crippen LogP contribution in [-0.4, -0.2) is 89.2 Å². The van der Waals surface area contributed by atoms with Crippen molar-refractivity contribution in [2.24, 2.45) is 0 Å². The Labute approximate surface area is 457 Å². The van der Waals surface area contributed by atoms with Crippen molar-refractivity contribution in [2.45, 2.75) is 327 Å². The Kier molecular flexibility index (Phi) is 48.2. The summed E-state index contributed by atoms with van der Waals surface area (Å²) in [7, 11) is 0. The SMILES string of the molecule is CCCCC/C=C\C/C=C\C/C=C\CCCCCCCCC(=O)OCC(COC1OC(C(=O)O)C(O)C(O)C1OC(=O)CCCCCCCCCCC)OC(=O)CCCCCCCCCCCCCCCCCCC. The predicted octanol–water partition coefficient (Wildman–Crippen LogP) is 16.0. The number of allylic oxidation sites excluding steroid dienone is 6. The van der Waals surface area contributed by atoms with Crippen LogP contribution in [-0.2, 0) is 42.9 Å². The van der Waals surface area contributed by atoms with E-state index in [-0.39, 0.29) is 25.9 Å². The van der Waals surface area contributed by atoms with Gasteiger partial charge in [0.05, 0.1) is 6.61 Å². The largest absolute Gasteiger partial charge is 0.479 e. The molecule has 0 radical (unpaired) electrons. The molecule has 12 nitrogen and oxygen atoms in total. The number of aliphatic hydroxyl groups excluding tert-OH is 2. The lowest BCUT2D eigenvalue weighted by Gasteiger charge is -2.40. The molecule has 6 unspecified atom stereocenters. The van der Waals surface area contributed by atoms with Crippen molar-refractivity contribution < 1.29 is 58.2 Å². The lowest BCUT2D eigenvalue weighted by atomic mass is 9.98. The molecule has 0 aromatic rings. The zero-order chi connectivity index (χ0) is 54.7. The summed E-state index contributed by atoms with van der Waals surface area (Å²) in [5.74, 6) is -3.11. The minimum absolute atomic E-state index is 0.0632. The number of unbranched alkanes of at least 4 members (excludes halogenated alkanes) is 33. The maximum absolute atomic E-state index is 13.2. The monoisotopic (exact) mass is 1060 g/mol. The molecule has 0 aliphatic carbocycles. The number of aliphatic carboxylic acids is 1. The third-order valence-electron chi connectivity index (χ3n) is 14.2. The summed E-state index contributed by atoms with van der Waals surface area (Å²) in [5.41, 5.74) is 0. The highest BCUT2D eigenvalue weighted by Gasteiger charge is 2.50. The first-order valence-electron chi connectivity index (χ1n) is 31.0. The molecule has 1 heterocycles. The van der Waals surface area contributed by atoms with E-state index in [1.54, 1.807) is 0 Å². The molecule has 1 saturated heterocycles. The van der Waals surface area contributed by atoms with Crippen molar-refractivity contribution in [1.82, 2.24) is 0 Å². The first-order chi connectivity index (χ1) is 36.6. The maximum Gasteiger partial charge on any atom is 0.335 e. The summed E-state index contributed by atoms with van der Waals surface area (Å²) in [6.07, 6.45) is 48.4. The molecule has 0 bridgehead atoms. The molecule has 6 atom stereocenters. The molecule has 0 aromatic carbocycles. The number of hydrogen-bond donors (Lipinski definition) is 3. The van der Waals surface area contributed by atoms with Gasteiger partial charge in [-0.15, -0.1) is 0 Å². The van der Waals surface area contributed by atoms with Crippen LogP contribution in [0.2, 0.25) is 0 Å². The number of carbonyl (C=O) groups excluding carboxylic acids is 3. The second-order valence-electron chi connectivity index (χ2n) is 21.4. The van der Waals surface area contributed by atoms with Crippen molar-refractivity contribution in [3.63, 3.8) is 0 Å². The van der Waals surface area contributed by atoms with E-state index in [1.807, 2.05) is 0 Å². The molecule has 1 aliphatic rings. The Morgan fingerprint density at radius 3 is 1.24 bits per heavy atom. The van der Waals surface area contributed by atoms with Gasteiger partial charge in [0.2, 0.25) is 0 Å². The van der Waals surface area contributed by atoms with E-state index in [0.717, 1.165) is 96.3 Å². The van der Waals surface area contributed by atoms with E-state index in [9.17, 15) is 34.5 Å². The summed E-state index contributed by atoms with van der Waals surface area (Å²) >= 11 is 0. The van der Waals surface area contributed by atoms with Gasteiger partial charge in [-0.3, -0.25) is 14.4 Å². The normalized spacial score (nSPS) is 18.3. The highest BCUT2D eigenvalue weighted by Crippen LogP contribution is 2.27. The van der Waals surface area contributed by atoms with Gasteiger partial charge in [-0.2, -0.15) is 0 Å². The zero-order valence-corrected chi connectivity index (χ0v) is 48.1. The number of rotatable bonds is 53. The van der Waals surface area contributed by atoms with Gasteiger partial charge in [-0.05, 0) is 57.8 Å². The summed E-state index contributed by atoms with van der Waals surface area (Å²) in [4.78, 5) is 51.1. The van der Waals surface area contributed by atoms with Gasteiger partial charge < -0.3 is 39.0 Å². The number of esters is 3. The molecule has 436 valence electrons. The van der Waals surface area contributed by atoms with Gasteiger partial charge in [0.25, 0.3) is 0 Å². The second kappa shape index (κ2) is 51.7. The molecule has 1 fully saturated rings. The first kappa shape index (κ1) is 70.0. The number of carbonyl (C=O) groups is 4. The molecule has 0 spiro atoms. The van der Waals surface area contributed by atoms with Crippen LogP contribution in [0.5, 0.6) is 0 Å². The average Bonchev–Trinajstić information content (AvgIpc) is 3.39. The molecule has 0 amide bonds. The molecule has 0 saturated carbocycles. The molecule has 3 N–H and O–H groups in total. The molecular formula is C63H112O12. The number of aliphatic hydroxyl groups is 2. The van der Waals surface area contributed by atoms with Crippen LogP contribution in [0, 0.1) is 0 Å². The zero-order valence-electron chi connectivity index (χ0n) is 48.1. The minimum Gasteiger partial charge on any atom is -0.479 e.